The van der Waals surface area contributed by atoms with E-state index in [2.05, 4.69) is 25.7 Å². The average Bonchev–Trinajstić information content (AvgIpc) is 2.92. The maximum atomic E-state index is 13.2. The highest BCUT2D eigenvalue weighted by molar-refractivity contribution is 6.77. The Bertz CT molecular complexity index is 732. The normalized spacial score (nSPS) is 23.1. The topological polar surface area (TPSA) is 81.9 Å². The molecule has 86 valence electrons. The van der Waals surface area contributed by atoms with Gasteiger partial charge in [0.1, 0.15) is 11.5 Å². The Kier molecular flexibility index (Phi) is 1.55. The highest BCUT2D eigenvalue weighted by Crippen LogP contribution is 2.26. The number of nitrogens with zero attached hydrogens (tertiary/aromatic N) is 6. The zero-order valence-electron chi connectivity index (χ0n) is 8.78. The molecular formula is C10H4FN6O+. The molecule has 1 unspecified atom stereocenters. The number of ketones is 1. The number of benzene rings is 1. The predicted octanol–water partition coefficient (Wildman–Crippen LogP) is 1.31. The molecule has 1 aromatic carbocycles. The van der Waals surface area contributed by atoms with Crippen LogP contribution in [-0.2, 0) is 0 Å². The first kappa shape index (κ1) is 9.40. The van der Waals surface area contributed by atoms with Crippen LogP contribution in [-0.4, -0.2) is 28.3 Å². The SMILES string of the molecule is O=C1C2=N[N+]3=NN=NC3N=C2c2cc(F)ccc21. The lowest BCUT2D eigenvalue weighted by Gasteiger charge is -2.05. The fraction of sp³-hybridized carbons (Fsp3) is 0.100. The number of carbonyl (C=O) groups excluding carboxylic acids is 1. The Labute approximate surface area is 99.0 Å². The first-order valence-corrected chi connectivity index (χ1v) is 5.15. The highest BCUT2D eigenvalue weighted by Gasteiger charge is 2.42. The third-order valence-corrected chi connectivity index (χ3v) is 2.86. The van der Waals surface area contributed by atoms with Gasteiger partial charge in [-0.15, -0.1) is 0 Å². The number of fused-ring (bicyclic) bond motifs is 4. The molecule has 0 N–H and O–H groups in total. The largest absolute Gasteiger partial charge is 0.374 e. The predicted molar refractivity (Wildman–Crippen MR) is 56.0 cm³/mol. The molecule has 0 amide bonds. The fourth-order valence-corrected chi connectivity index (χ4v) is 2.07. The maximum absolute atomic E-state index is 13.2. The molecule has 0 aromatic heterocycles. The number of hydrogen-bond acceptors (Lipinski definition) is 6. The van der Waals surface area contributed by atoms with E-state index in [4.69, 9.17) is 0 Å². The molecule has 7 nitrogen and oxygen atoms in total. The summed E-state index contributed by atoms with van der Waals surface area (Å²) >= 11 is 0. The van der Waals surface area contributed by atoms with Crippen LogP contribution in [0.2, 0.25) is 0 Å². The molecule has 0 saturated heterocycles. The molecule has 2 aliphatic heterocycles. The summed E-state index contributed by atoms with van der Waals surface area (Å²) in [4.78, 5) is 17.4. The molecule has 3 aliphatic rings. The van der Waals surface area contributed by atoms with E-state index in [0.717, 1.165) is 4.81 Å². The average molecular weight is 243 g/mol. The van der Waals surface area contributed by atoms with Gasteiger partial charge in [0.05, 0.1) is 0 Å². The number of halogens is 1. The van der Waals surface area contributed by atoms with Crippen molar-refractivity contribution in [1.82, 2.24) is 0 Å². The molecule has 4 rings (SSSR count). The van der Waals surface area contributed by atoms with E-state index in [1.165, 1.54) is 18.2 Å². The van der Waals surface area contributed by atoms with E-state index >= 15 is 0 Å². The molecule has 0 fully saturated rings. The lowest BCUT2D eigenvalue weighted by molar-refractivity contribution is -0.623. The van der Waals surface area contributed by atoms with Crippen LogP contribution in [0.4, 0.5) is 4.39 Å². The van der Waals surface area contributed by atoms with E-state index in [1.54, 1.807) is 0 Å². The van der Waals surface area contributed by atoms with E-state index in [-0.39, 0.29) is 11.5 Å². The van der Waals surface area contributed by atoms with Crippen LogP contribution in [0, 0.1) is 5.82 Å². The van der Waals surface area contributed by atoms with Crippen molar-refractivity contribution in [2.75, 3.05) is 0 Å². The lowest BCUT2D eigenvalue weighted by Crippen LogP contribution is -2.28. The minimum absolute atomic E-state index is 0.155. The summed E-state index contributed by atoms with van der Waals surface area (Å²) in [6.07, 6.45) is -0.689. The summed E-state index contributed by atoms with van der Waals surface area (Å²) < 4.78 is 13.2. The number of Topliss-reactive ketones (excluding diaryl/α,β-unsaturated/α-hetero) is 1. The van der Waals surface area contributed by atoms with Gasteiger partial charge >= 0.3 is 6.29 Å². The number of hydrogen-bond donors (Lipinski definition) is 0. The van der Waals surface area contributed by atoms with Crippen molar-refractivity contribution in [2.45, 2.75) is 6.29 Å². The lowest BCUT2D eigenvalue weighted by atomic mass is 10.1. The Morgan fingerprint density at radius 2 is 2.11 bits per heavy atom. The Morgan fingerprint density at radius 3 is 3.00 bits per heavy atom. The van der Waals surface area contributed by atoms with Gasteiger partial charge in [-0.25, -0.2) is 9.38 Å². The molecule has 1 aromatic rings. The van der Waals surface area contributed by atoms with Gasteiger partial charge in [-0.2, -0.15) is 0 Å². The molecule has 1 atom stereocenters. The van der Waals surface area contributed by atoms with Gasteiger partial charge in [0.2, 0.25) is 11.0 Å². The van der Waals surface area contributed by atoms with Gasteiger partial charge in [-0.05, 0) is 18.2 Å². The Hall–Kier alpha value is -2.64. The number of hydrazone groups is 1. The molecular weight excluding hydrogens is 239 g/mol. The first-order chi connectivity index (χ1) is 8.74. The smallest absolute Gasteiger partial charge is 0.287 e. The molecule has 0 radical (unpaired) electrons. The molecule has 2 heterocycles. The number of carbonyl (C=O) groups is 1. The second kappa shape index (κ2) is 2.97. The molecule has 1 aliphatic carbocycles. The molecule has 0 spiro atoms. The van der Waals surface area contributed by atoms with Crippen molar-refractivity contribution < 1.29 is 14.0 Å². The van der Waals surface area contributed by atoms with Crippen molar-refractivity contribution in [2.24, 2.45) is 25.7 Å². The fourth-order valence-electron chi connectivity index (χ4n) is 2.07. The van der Waals surface area contributed by atoms with Gasteiger partial charge < -0.3 is 0 Å². The molecule has 0 saturated carbocycles. The van der Waals surface area contributed by atoms with E-state index in [9.17, 15) is 9.18 Å². The van der Waals surface area contributed by atoms with Crippen LogP contribution in [0.25, 0.3) is 0 Å². The van der Waals surface area contributed by atoms with Gasteiger partial charge in [-0.3, -0.25) is 4.79 Å². The number of rotatable bonds is 0. The highest BCUT2D eigenvalue weighted by atomic mass is 19.1. The Morgan fingerprint density at radius 1 is 1.22 bits per heavy atom. The monoisotopic (exact) mass is 243 g/mol. The van der Waals surface area contributed by atoms with E-state index < -0.39 is 12.1 Å². The minimum atomic E-state index is -0.689. The maximum Gasteiger partial charge on any atom is 0.374 e. The minimum Gasteiger partial charge on any atom is -0.287 e. The van der Waals surface area contributed by atoms with Gasteiger partial charge in [-0.1, -0.05) is 5.10 Å². The van der Waals surface area contributed by atoms with Gasteiger partial charge in [0.25, 0.3) is 0 Å². The summed E-state index contributed by atoms with van der Waals surface area (Å²) in [6.45, 7) is 0. The molecule has 18 heavy (non-hydrogen) atoms. The van der Waals surface area contributed by atoms with Crippen LogP contribution in [0.1, 0.15) is 15.9 Å². The van der Waals surface area contributed by atoms with Gasteiger partial charge in [0.15, 0.2) is 10.9 Å². The van der Waals surface area contributed by atoms with Crippen LogP contribution in [0.3, 0.4) is 0 Å². The molecule has 0 bridgehead atoms. The van der Waals surface area contributed by atoms with Crippen molar-refractivity contribution in [3.05, 3.63) is 35.1 Å². The zero-order valence-corrected chi connectivity index (χ0v) is 8.78. The summed E-state index contributed by atoms with van der Waals surface area (Å²) in [6, 6.07) is 3.94. The summed E-state index contributed by atoms with van der Waals surface area (Å²) in [5, 5.41) is 14.8. The first-order valence-electron chi connectivity index (χ1n) is 5.15. The summed E-state index contributed by atoms with van der Waals surface area (Å²) in [7, 11) is 0. The quantitative estimate of drug-likeness (QED) is 0.632. The standard InChI is InChI=1S/C10H4FN6O/c11-4-1-2-5-6(3-4)7-8(9(5)18)14-17-10(12-7)13-15-16-17/h1-3,10H/q+1. The van der Waals surface area contributed by atoms with Gasteiger partial charge in [0, 0.05) is 21.0 Å². The molecule has 8 heteroatoms. The van der Waals surface area contributed by atoms with Crippen molar-refractivity contribution >= 4 is 17.2 Å². The van der Waals surface area contributed by atoms with Crippen molar-refractivity contribution in [3.63, 3.8) is 0 Å². The van der Waals surface area contributed by atoms with Crippen molar-refractivity contribution in [1.29, 1.82) is 0 Å². The summed E-state index contributed by atoms with van der Waals surface area (Å²) in [5.41, 5.74) is 1.35. The second-order valence-electron chi connectivity index (χ2n) is 3.91. The zero-order chi connectivity index (χ0) is 12.3. The second-order valence-corrected chi connectivity index (χ2v) is 3.91. The van der Waals surface area contributed by atoms with E-state index in [1.807, 2.05) is 0 Å². The number of aliphatic imine (C=N–C) groups is 1. The van der Waals surface area contributed by atoms with E-state index in [0.29, 0.717) is 16.8 Å². The van der Waals surface area contributed by atoms with Crippen LogP contribution >= 0.6 is 0 Å². The van der Waals surface area contributed by atoms with Crippen LogP contribution in [0.15, 0.2) is 43.9 Å². The van der Waals surface area contributed by atoms with Crippen LogP contribution in [0.5, 0.6) is 0 Å². The third kappa shape index (κ3) is 1.04. The van der Waals surface area contributed by atoms with Crippen LogP contribution < -0.4 is 0 Å². The Balaban J connectivity index is 1.99. The third-order valence-electron chi connectivity index (χ3n) is 2.86. The summed E-state index contributed by atoms with van der Waals surface area (Å²) in [5.74, 6) is -0.713. The van der Waals surface area contributed by atoms with Crippen molar-refractivity contribution in [3.8, 4) is 0 Å².